The van der Waals surface area contributed by atoms with Crippen molar-refractivity contribution in [3.8, 4) is 0 Å². The van der Waals surface area contributed by atoms with Crippen molar-refractivity contribution >= 4 is 46.0 Å². The Bertz CT molecular complexity index is 1240. The van der Waals surface area contributed by atoms with Crippen LogP contribution in [0.1, 0.15) is 44.4 Å². The molecule has 0 saturated carbocycles. The Kier molecular flexibility index (Phi) is 8.09. The predicted molar refractivity (Wildman–Crippen MR) is 152 cm³/mol. The molecule has 1 amide bonds. The molecule has 5 heteroatoms. The molecule has 0 N–H and O–H groups in total. The second-order valence-electron chi connectivity index (χ2n) is 8.37. The molecular weight excluding hydrogens is 450 g/mol. The molecule has 0 bridgehead atoms. The highest BCUT2D eigenvalue weighted by atomic mass is 32.2. The standard InChI is InChI=1S/C30H33N3OS/c1-5-23-13-9-11-15-26(23)31-30-33(27-16-12-10-14-24(27)6-2)29(34)28(35-30)21-22-17-19-25(20-18-22)32(7-3)8-4/h9-21H,5-8H2,1-4H3/b28-21+,31-30?. The van der Waals surface area contributed by atoms with Crippen molar-refractivity contribution in [2.45, 2.75) is 40.5 Å². The van der Waals surface area contributed by atoms with Gasteiger partial charge in [0.25, 0.3) is 5.91 Å². The van der Waals surface area contributed by atoms with Crippen LogP contribution in [-0.4, -0.2) is 24.2 Å². The van der Waals surface area contributed by atoms with Crippen LogP contribution in [0.15, 0.2) is 82.7 Å². The molecule has 4 nitrogen and oxygen atoms in total. The number of benzene rings is 3. The smallest absolute Gasteiger partial charge is 0.271 e. The number of carbonyl (C=O) groups is 1. The van der Waals surface area contributed by atoms with Gasteiger partial charge in [-0.15, -0.1) is 0 Å². The Balaban J connectivity index is 1.76. The summed E-state index contributed by atoms with van der Waals surface area (Å²) in [5.74, 6) is -0.0311. The van der Waals surface area contributed by atoms with E-state index in [0.29, 0.717) is 10.1 Å². The first-order valence-electron chi connectivity index (χ1n) is 12.4. The van der Waals surface area contributed by atoms with Crippen molar-refractivity contribution in [3.63, 3.8) is 0 Å². The first-order valence-corrected chi connectivity index (χ1v) is 13.2. The minimum absolute atomic E-state index is 0.0311. The molecular formula is C30H33N3OS. The monoisotopic (exact) mass is 483 g/mol. The third-order valence-corrected chi connectivity index (χ3v) is 7.30. The van der Waals surface area contributed by atoms with Crippen LogP contribution in [0.4, 0.5) is 17.1 Å². The van der Waals surface area contributed by atoms with Crippen molar-refractivity contribution in [1.82, 2.24) is 0 Å². The SMILES string of the molecule is CCc1ccccc1N=C1S/C(=C/c2ccc(N(CC)CC)cc2)C(=O)N1c1ccccc1CC. The Labute approximate surface area is 213 Å². The molecule has 1 aliphatic rings. The van der Waals surface area contributed by atoms with E-state index < -0.39 is 0 Å². The molecule has 1 aliphatic heterocycles. The Hall–Kier alpha value is -3.31. The van der Waals surface area contributed by atoms with Gasteiger partial charge in [0.05, 0.1) is 16.3 Å². The zero-order valence-corrected chi connectivity index (χ0v) is 21.8. The largest absolute Gasteiger partial charge is 0.372 e. The summed E-state index contributed by atoms with van der Waals surface area (Å²) in [5.41, 5.74) is 6.31. The average molecular weight is 484 g/mol. The second-order valence-corrected chi connectivity index (χ2v) is 9.38. The second kappa shape index (κ2) is 11.4. The van der Waals surface area contributed by atoms with E-state index in [4.69, 9.17) is 4.99 Å². The first-order chi connectivity index (χ1) is 17.1. The summed E-state index contributed by atoms with van der Waals surface area (Å²) in [4.78, 5) is 23.5. The van der Waals surface area contributed by atoms with E-state index in [0.717, 1.165) is 48.4 Å². The summed E-state index contributed by atoms with van der Waals surface area (Å²) in [6, 6.07) is 24.7. The van der Waals surface area contributed by atoms with Crippen molar-refractivity contribution in [2.75, 3.05) is 22.9 Å². The summed E-state index contributed by atoms with van der Waals surface area (Å²) < 4.78 is 0. The number of amides is 1. The van der Waals surface area contributed by atoms with Gasteiger partial charge in [-0.2, -0.15) is 0 Å². The molecule has 3 aromatic carbocycles. The Morgan fingerprint density at radius 2 is 1.46 bits per heavy atom. The van der Waals surface area contributed by atoms with Gasteiger partial charge in [0.15, 0.2) is 5.17 Å². The number of hydrogen-bond donors (Lipinski definition) is 0. The lowest BCUT2D eigenvalue weighted by molar-refractivity contribution is -0.113. The molecule has 0 aromatic heterocycles. The molecule has 0 spiro atoms. The van der Waals surface area contributed by atoms with Gasteiger partial charge in [0.1, 0.15) is 0 Å². The number of aliphatic imine (C=N–C) groups is 1. The maximum Gasteiger partial charge on any atom is 0.271 e. The highest BCUT2D eigenvalue weighted by molar-refractivity contribution is 8.19. The van der Waals surface area contributed by atoms with Crippen LogP contribution >= 0.6 is 11.8 Å². The minimum Gasteiger partial charge on any atom is -0.372 e. The number of rotatable bonds is 8. The summed E-state index contributed by atoms with van der Waals surface area (Å²) >= 11 is 1.45. The zero-order chi connectivity index (χ0) is 24.8. The Morgan fingerprint density at radius 1 is 0.829 bits per heavy atom. The zero-order valence-electron chi connectivity index (χ0n) is 21.0. The van der Waals surface area contributed by atoms with Gasteiger partial charge in [-0.3, -0.25) is 9.69 Å². The van der Waals surface area contributed by atoms with Crippen LogP contribution in [0.25, 0.3) is 6.08 Å². The quantitative estimate of drug-likeness (QED) is 0.312. The Morgan fingerprint density at radius 3 is 2.11 bits per heavy atom. The maximum atomic E-state index is 13.7. The number of para-hydroxylation sites is 2. The average Bonchev–Trinajstić information content (AvgIpc) is 3.19. The molecule has 0 aliphatic carbocycles. The maximum absolute atomic E-state index is 13.7. The molecule has 0 unspecified atom stereocenters. The lowest BCUT2D eigenvalue weighted by atomic mass is 10.1. The molecule has 3 aromatic rings. The van der Waals surface area contributed by atoms with E-state index in [1.807, 2.05) is 42.5 Å². The minimum atomic E-state index is -0.0311. The van der Waals surface area contributed by atoms with Crippen molar-refractivity contribution in [1.29, 1.82) is 0 Å². The fourth-order valence-electron chi connectivity index (χ4n) is 4.33. The van der Waals surface area contributed by atoms with Gasteiger partial charge >= 0.3 is 0 Å². The van der Waals surface area contributed by atoms with Crippen molar-refractivity contribution < 1.29 is 4.79 Å². The number of nitrogens with zero attached hydrogens (tertiary/aromatic N) is 3. The molecule has 1 saturated heterocycles. The molecule has 1 fully saturated rings. The molecule has 1 heterocycles. The van der Waals surface area contributed by atoms with Gasteiger partial charge in [-0.25, -0.2) is 4.99 Å². The van der Waals surface area contributed by atoms with Gasteiger partial charge in [-0.05, 0) is 85.5 Å². The number of thioether (sulfide) groups is 1. The molecule has 0 atom stereocenters. The predicted octanol–water partition coefficient (Wildman–Crippen LogP) is 7.47. The number of amidine groups is 1. The van der Waals surface area contributed by atoms with Crippen LogP contribution in [0.5, 0.6) is 0 Å². The fourth-order valence-corrected chi connectivity index (χ4v) is 5.32. The van der Waals surface area contributed by atoms with Crippen LogP contribution in [-0.2, 0) is 17.6 Å². The van der Waals surface area contributed by atoms with E-state index in [2.05, 4.69) is 69.0 Å². The van der Waals surface area contributed by atoms with Gasteiger partial charge in [0.2, 0.25) is 0 Å². The summed E-state index contributed by atoms with van der Waals surface area (Å²) in [6.07, 6.45) is 3.71. The molecule has 0 radical (unpaired) electrons. The van der Waals surface area contributed by atoms with Crippen LogP contribution in [0, 0.1) is 0 Å². The fraction of sp³-hybridized carbons (Fsp3) is 0.267. The lowest BCUT2D eigenvalue weighted by Gasteiger charge is -2.20. The van der Waals surface area contributed by atoms with E-state index >= 15 is 0 Å². The van der Waals surface area contributed by atoms with Crippen molar-refractivity contribution in [3.05, 3.63) is 94.4 Å². The van der Waals surface area contributed by atoms with E-state index in [-0.39, 0.29) is 5.91 Å². The van der Waals surface area contributed by atoms with Gasteiger partial charge in [0, 0.05) is 18.8 Å². The van der Waals surface area contributed by atoms with E-state index in [9.17, 15) is 4.79 Å². The highest BCUT2D eigenvalue weighted by Crippen LogP contribution is 2.39. The van der Waals surface area contributed by atoms with Gasteiger partial charge in [-0.1, -0.05) is 62.4 Å². The number of anilines is 2. The summed E-state index contributed by atoms with van der Waals surface area (Å²) in [6.45, 7) is 10.5. The van der Waals surface area contributed by atoms with Crippen LogP contribution in [0.2, 0.25) is 0 Å². The van der Waals surface area contributed by atoms with E-state index in [1.54, 1.807) is 4.90 Å². The first kappa shape index (κ1) is 24.8. The van der Waals surface area contributed by atoms with E-state index in [1.165, 1.54) is 23.0 Å². The molecule has 35 heavy (non-hydrogen) atoms. The third-order valence-electron chi connectivity index (χ3n) is 6.33. The van der Waals surface area contributed by atoms with Crippen LogP contribution in [0.3, 0.4) is 0 Å². The normalized spacial score (nSPS) is 15.9. The molecule has 180 valence electrons. The summed E-state index contributed by atoms with van der Waals surface area (Å²) in [7, 11) is 0. The third kappa shape index (κ3) is 5.35. The topological polar surface area (TPSA) is 35.9 Å². The van der Waals surface area contributed by atoms with Gasteiger partial charge < -0.3 is 4.90 Å². The van der Waals surface area contributed by atoms with Crippen molar-refractivity contribution in [2.24, 2.45) is 4.99 Å². The number of aryl methyl sites for hydroxylation is 2. The highest BCUT2D eigenvalue weighted by Gasteiger charge is 2.35. The number of carbonyl (C=O) groups excluding carboxylic acids is 1. The number of hydrogen-bond acceptors (Lipinski definition) is 4. The lowest BCUT2D eigenvalue weighted by Crippen LogP contribution is -2.29. The molecule has 4 rings (SSSR count). The summed E-state index contributed by atoms with van der Waals surface area (Å²) in [5, 5.41) is 0.697. The van der Waals surface area contributed by atoms with Crippen LogP contribution < -0.4 is 9.80 Å².